The van der Waals surface area contributed by atoms with Crippen LogP contribution in [0.1, 0.15) is 6.23 Å². The van der Waals surface area contributed by atoms with Gasteiger partial charge >= 0.3 is 21.1 Å². The maximum absolute atomic E-state index is 12.7. The summed E-state index contributed by atoms with van der Waals surface area (Å²) in [5.41, 5.74) is -3.05. The summed E-state index contributed by atoms with van der Waals surface area (Å²) in [7, 11) is -3.64. The molecule has 0 amide bonds. The number of methoxy groups -OCH3 is 1. The minimum Gasteiger partial charge on any atom is -0.382 e. The molecule has 3 rings (SSSR count). The van der Waals surface area contributed by atoms with Gasteiger partial charge in [0.1, 0.15) is 12.2 Å². The second kappa shape index (κ2) is 9.43. The molecule has 1 saturated carbocycles. The lowest BCUT2D eigenvalue weighted by Gasteiger charge is -2.29. The van der Waals surface area contributed by atoms with Crippen LogP contribution in [-0.2, 0) is 41.4 Å². The zero-order valence-corrected chi connectivity index (χ0v) is 19.4. The minimum absolute atomic E-state index is 0.0147. The molecule has 0 bridgehead atoms. The average molecular weight is 498 g/mol. The molecule has 1 aromatic heterocycles. The Balaban J connectivity index is 2.10. The number of nitrogens with one attached hydrogen (secondary N) is 1. The van der Waals surface area contributed by atoms with E-state index in [9.17, 15) is 23.6 Å². The fraction of sp³-hybridized carbons (Fsp3) is 0.625. The lowest BCUT2D eigenvalue weighted by molar-refractivity contribution is -0.0992. The molecule has 2 aliphatic rings. The Morgan fingerprint density at radius 1 is 1.19 bits per heavy atom. The molecular formula is C16H24N2O12P2. The first-order valence-electron chi connectivity index (χ1n) is 9.18. The largest absolute Gasteiger partial charge is 0.472 e. The van der Waals surface area contributed by atoms with Gasteiger partial charge in [-0.25, -0.2) is 9.36 Å². The van der Waals surface area contributed by atoms with E-state index in [0.29, 0.717) is 0 Å². The molecule has 32 heavy (non-hydrogen) atoms. The van der Waals surface area contributed by atoms with Crippen LogP contribution in [0.3, 0.4) is 0 Å². The quantitative estimate of drug-likeness (QED) is 0.317. The number of nitrogens with zero attached hydrogens (tertiary/aromatic N) is 1. The molecule has 1 aliphatic heterocycles. The van der Waals surface area contributed by atoms with Crippen molar-refractivity contribution >= 4 is 15.4 Å². The number of hydrogen-bond donors (Lipinski definition) is 2. The normalized spacial score (nSPS) is 30.3. The van der Waals surface area contributed by atoms with Gasteiger partial charge in [0.05, 0.1) is 13.2 Å². The average Bonchev–Trinajstić information content (AvgIpc) is 3.18. The summed E-state index contributed by atoms with van der Waals surface area (Å²) < 4.78 is 62.6. The predicted octanol–water partition coefficient (Wildman–Crippen LogP) is 0.351. The lowest BCUT2D eigenvalue weighted by atomic mass is 10.1. The molecule has 2 fully saturated rings. The molecule has 1 unspecified atom stereocenters. The van der Waals surface area contributed by atoms with Crippen molar-refractivity contribution < 1.29 is 46.3 Å². The fourth-order valence-electron chi connectivity index (χ4n) is 3.43. The van der Waals surface area contributed by atoms with Gasteiger partial charge in [0.25, 0.3) is 5.56 Å². The third-order valence-electron chi connectivity index (χ3n) is 5.01. The number of rotatable bonds is 11. The van der Waals surface area contributed by atoms with Crippen molar-refractivity contribution in [3.63, 3.8) is 0 Å². The molecular weight excluding hydrogens is 474 g/mol. The van der Waals surface area contributed by atoms with E-state index in [4.69, 9.17) is 27.8 Å². The van der Waals surface area contributed by atoms with Crippen LogP contribution in [0.5, 0.6) is 0 Å². The number of aromatic nitrogens is 2. The van der Waals surface area contributed by atoms with Crippen LogP contribution in [0.4, 0.5) is 0 Å². The first-order chi connectivity index (χ1) is 15.1. The van der Waals surface area contributed by atoms with Crippen molar-refractivity contribution in [1.82, 2.24) is 9.55 Å². The van der Waals surface area contributed by atoms with Crippen molar-refractivity contribution in [2.24, 2.45) is 0 Å². The molecule has 2 N–H and O–H groups in total. The summed E-state index contributed by atoms with van der Waals surface area (Å²) >= 11 is 0. The molecule has 0 spiro atoms. The van der Waals surface area contributed by atoms with E-state index < -0.39 is 50.7 Å². The SMILES string of the molecule is COCCO[C@H]1[C@H](n2ccc(=O)[nH]c2=O)O[C@@H]2/C(=C/P(=O)(OC)OC)[C@@]21OP(=O)(O)OC. The lowest BCUT2D eigenvalue weighted by Crippen LogP contribution is -2.43. The van der Waals surface area contributed by atoms with Gasteiger partial charge in [0.2, 0.25) is 0 Å². The van der Waals surface area contributed by atoms with E-state index in [-0.39, 0.29) is 18.8 Å². The first kappa shape index (κ1) is 25.2. The van der Waals surface area contributed by atoms with Gasteiger partial charge < -0.3 is 28.2 Å². The zero-order chi connectivity index (χ0) is 23.7. The van der Waals surface area contributed by atoms with Crippen molar-refractivity contribution in [3.8, 4) is 0 Å². The maximum atomic E-state index is 12.7. The molecule has 1 aromatic rings. The number of H-pyrrole nitrogens is 1. The Morgan fingerprint density at radius 2 is 1.88 bits per heavy atom. The number of phosphoric acid groups is 1. The highest BCUT2D eigenvalue weighted by atomic mass is 31.2. The summed E-state index contributed by atoms with van der Waals surface area (Å²) in [6.07, 6.45) is -2.27. The predicted molar refractivity (Wildman–Crippen MR) is 107 cm³/mol. The fourth-order valence-corrected chi connectivity index (χ4v) is 5.23. The molecule has 0 aromatic carbocycles. The van der Waals surface area contributed by atoms with Gasteiger partial charge in [-0.05, 0) is 0 Å². The van der Waals surface area contributed by atoms with Crippen LogP contribution >= 0.6 is 15.4 Å². The number of hydrogen-bond acceptors (Lipinski definition) is 11. The zero-order valence-electron chi connectivity index (χ0n) is 17.7. The summed E-state index contributed by atoms with van der Waals surface area (Å²) in [5, 5.41) is 0. The van der Waals surface area contributed by atoms with Crippen molar-refractivity contribution in [2.75, 3.05) is 41.7 Å². The Morgan fingerprint density at radius 3 is 2.44 bits per heavy atom. The second-order valence-corrected chi connectivity index (χ2v) is 10.3. The number of aromatic amines is 1. The van der Waals surface area contributed by atoms with E-state index in [1.54, 1.807) is 0 Å². The second-order valence-electron chi connectivity index (χ2n) is 6.73. The van der Waals surface area contributed by atoms with Crippen LogP contribution < -0.4 is 11.2 Å². The van der Waals surface area contributed by atoms with Crippen LogP contribution in [-0.4, -0.2) is 73.9 Å². The van der Waals surface area contributed by atoms with Crippen LogP contribution in [0.15, 0.2) is 33.2 Å². The molecule has 1 saturated heterocycles. The van der Waals surface area contributed by atoms with Crippen LogP contribution in [0.2, 0.25) is 0 Å². The van der Waals surface area contributed by atoms with Gasteiger partial charge in [-0.15, -0.1) is 0 Å². The maximum Gasteiger partial charge on any atom is 0.472 e. The summed E-state index contributed by atoms with van der Waals surface area (Å²) in [6.45, 7) is 0.123. The van der Waals surface area contributed by atoms with Crippen molar-refractivity contribution in [3.05, 3.63) is 44.5 Å². The highest BCUT2D eigenvalue weighted by Crippen LogP contribution is 2.69. The van der Waals surface area contributed by atoms with E-state index >= 15 is 0 Å². The third kappa shape index (κ3) is 4.62. The van der Waals surface area contributed by atoms with E-state index in [1.807, 2.05) is 0 Å². The highest BCUT2D eigenvalue weighted by molar-refractivity contribution is 7.57. The summed E-state index contributed by atoms with van der Waals surface area (Å²) in [5.74, 6) is 1.10. The minimum atomic E-state index is -4.63. The van der Waals surface area contributed by atoms with Gasteiger partial charge in [0.15, 0.2) is 11.8 Å². The summed E-state index contributed by atoms with van der Waals surface area (Å²) in [6, 6.07) is 1.10. The Hall–Kier alpha value is -1.44. The third-order valence-corrected chi connectivity index (χ3v) is 7.62. The molecule has 0 radical (unpaired) electrons. The Labute approximate surface area is 182 Å². The van der Waals surface area contributed by atoms with Crippen LogP contribution in [0.25, 0.3) is 0 Å². The van der Waals surface area contributed by atoms with Crippen LogP contribution in [0, 0.1) is 0 Å². The van der Waals surface area contributed by atoms with E-state index in [2.05, 4.69) is 9.51 Å². The van der Waals surface area contributed by atoms with Gasteiger partial charge in [-0.1, -0.05) is 0 Å². The number of ether oxygens (including phenoxy) is 3. The molecule has 1 aliphatic carbocycles. The van der Waals surface area contributed by atoms with Crippen molar-refractivity contribution in [2.45, 2.75) is 24.0 Å². The molecule has 5 atom stereocenters. The van der Waals surface area contributed by atoms with Gasteiger partial charge in [0, 0.05) is 52.1 Å². The topological polar surface area (TPSA) is 174 Å². The molecule has 14 nitrogen and oxygen atoms in total. The first-order valence-corrected chi connectivity index (χ1v) is 12.3. The van der Waals surface area contributed by atoms with E-state index in [1.165, 1.54) is 13.3 Å². The standard InChI is InChI=1S/C16H24N2O12P2/c1-24-7-8-28-13-14(18-6-5-11(19)17-15(18)20)29-12-10(9-31(21,25-2)26-3)16(12,13)30-32(22,23)27-4/h5-6,9,12-14H,7-8H2,1-4H3,(H,22,23)(H,17,19,20)/b10-9-/t12-,13+,14-,16-/m1/s1. The van der Waals surface area contributed by atoms with Gasteiger partial charge in [-0.3, -0.25) is 28.0 Å². The summed E-state index contributed by atoms with van der Waals surface area (Å²) in [4.78, 5) is 35.9. The molecule has 16 heteroatoms. The Kier molecular flexibility index (Phi) is 7.42. The number of phosphoric ester groups is 1. The molecule has 2 heterocycles. The van der Waals surface area contributed by atoms with Gasteiger partial charge in [-0.2, -0.15) is 0 Å². The monoisotopic (exact) mass is 498 g/mol. The molecule has 180 valence electrons. The number of fused-ring (bicyclic) bond motifs is 1. The van der Waals surface area contributed by atoms with E-state index in [0.717, 1.165) is 37.8 Å². The Bertz CT molecular complexity index is 1080. The van der Waals surface area contributed by atoms with Crippen molar-refractivity contribution in [1.29, 1.82) is 0 Å². The smallest absolute Gasteiger partial charge is 0.382 e. The highest BCUT2D eigenvalue weighted by Gasteiger charge is 2.78.